The van der Waals surface area contributed by atoms with Crippen molar-refractivity contribution in [2.24, 2.45) is 5.92 Å². The van der Waals surface area contributed by atoms with Crippen LogP contribution >= 0.6 is 0 Å². The Hall–Kier alpha value is -0.980. The number of hydrogen-bond acceptors (Lipinski definition) is 1. The van der Waals surface area contributed by atoms with E-state index in [1.54, 1.807) is 0 Å². The number of unbranched alkanes of at least 4 members (excludes halogenated alkanes) is 1. The van der Waals surface area contributed by atoms with Gasteiger partial charge in [-0.1, -0.05) is 39.3 Å². The van der Waals surface area contributed by atoms with Crippen molar-refractivity contribution in [2.45, 2.75) is 46.5 Å². The van der Waals surface area contributed by atoms with Crippen LogP contribution in [-0.4, -0.2) is 6.54 Å². The number of nitrogens with one attached hydrogen (secondary N) is 1. The molecule has 0 spiro atoms. The molecule has 0 atom stereocenters. The Bertz CT molecular complexity index is 274. The van der Waals surface area contributed by atoms with Crippen molar-refractivity contribution in [3.8, 4) is 0 Å². The third kappa shape index (κ3) is 5.20. The number of anilines is 1. The molecule has 90 valence electrons. The van der Waals surface area contributed by atoms with Crippen LogP contribution in [0, 0.1) is 5.92 Å². The van der Waals surface area contributed by atoms with E-state index < -0.39 is 0 Å². The molecule has 1 rings (SSSR count). The zero-order valence-electron chi connectivity index (χ0n) is 10.9. The van der Waals surface area contributed by atoms with Gasteiger partial charge in [0, 0.05) is 12.2 Å². The Morgan fingerprint density at radius 2 is 1.81 bits per heavy atom. The Morgan fingerprint density at radius 3 is 2.38 bits per heavy atom. The average Bonchev–Trinajstić information content (AvgIpc) is 2.27. The van der Waals surface area contributed by atoms with Crippen LogP contribution in [0.25, 0.3) is 0 Å². The molecule has 0 aliphatic carbocycles. The van der Waals surface area contributed by atoms with Crippen molar-refractivity contribution >= 4 is 5.69 Å². The number of aryl methyl sites for hydroxylation is 1. The van der Waals surface area contributed by atoms with Crippen molar-refractivity contribution in [2.75, 3.05) is 11.9 Å². The van der Waals surface area contributed by atoms with E-state index in [1.165, 1.54) is 36.9 Å². The Kier molecular flexibility index (Phi) is 5.99. The highest BCUT2D eigenvalue weighted by Gasteiger charge is 1.96. The maximum atomic E-state index is 3.46. The molecular weight excluding hydrogens is 194 g/mol. The van der Waals surface area contributed by atoms with Gasteiger partial charge < -0.3 is 5.32 Å². The predicted molar refractivity (Wildman–Crippen MR) is 73.0 cm³/mol. The molecule has 0 fully saturated rings. The quantitative estimate of drug-likeness (QED) is 0.712. The third-order valence-corrected chi connectivity index (χ3v) is 2.82. The van der Waals surface area contributed by atoms with Crippen molar-refractivity contribution < 1.29 is 0 Å². The monoisotopic (exact) mass is 219 g/mol. The summed E-state index contributed by atoms with van der Waals surface area (Å²) in [4.78, 5) is 0. The van der Waals surface area contributed by atoms with E-state index in [4.69, 9.17) is 0 Å². The summed E-state index contributed by atoms with van der Waals surface area (Å²) in [6.07, 6.45) is 5.01. The van der Waals surface area contributed by atoms with Crippen LogP contribution < -0.4 is 5.32 Å². The first-order valence-corrected chi connectivity index (χ1v) is 6.55. The van der Waals surface area contributed by atoms with Gasteiger partial charge in [-0.05, 0) is 42.9 Å². The van der Waals surface area contributed by atoms with Crippen LogP contribution in [-0.2, 0) is 6.42 Å². The standard InChI is InChI=1S/C15H25N/c1-4-5-6-14-7-9-15(10-8-14)16-12-11-13(2)3/h7-10,13,16H,4-6,11-12H2,1-3H3. The molecule has 1 heteroatoms. The van der Waals surface area contributed by atoms with Crippen LogP contribution in [0.2, 0.25) is 0 Å². The second-order valence-corrected chi connectivity index (χ2v) is 4.91. The molecule has 0 amide bonds. The fourth-order valence-corrected chi connectivity index (χ4v) is 1.68. The molecule has 0 heterocycles. The van der Waals surface area contributed by atoms with Gasteiger partial charge in [0.25, 0.3) is 0 Å². The largest absolute Gasteiger partial charge is 0.385 e. The Balaban J connectivity index is 2.33. The molecular formula is C15H25N. The molecule has 0 aromatic heterocycles. The molecule has 0 unspecified atom stereocenters. The predicted octanol–water partition coefficient (Wildman–Crippen LogP) is 4.49. The SMILES string of the molecule is CCCCc1ccc(NCCC(C)C)cc1. The third-order valence-electron chi connectivity index (χ3n) is 2.82. The molecule has 0 aliphatic rings. The van der Waals surface area contributed by atoms with E-state index >= 15 is 0 Å². The minimum Gasteiger partial charge on any atom is -0.385 e. The summed E-state index contributed by atoms with van der Waals surface area (Å²) < 4.78 is 0. The van der Waals surface area contributed by atoms with Crippen LogP contribution in [0.4, 0.5) is 5.69 Å². The average molecular weight is 219 g/mol. The van der Waals surface area contributed by atoms with E-state index in [9.17, 15) is 0 Å². The molecule has 0 bridgehead atoms. The highest BCUT2D eigenvalue weighted by atomic mass is 14.9. The molecule has 16 heavy (non-hydrogen) atoms. The van der Waals surface area contributed by atoms with Gasteiger partial charge in [-0.3, -0.25) is 0 Å². The number of rotatable bonds is 7. The second-order valence-electron chi connectivity index (χ2n) is 4.91. The first kappa shape index (κ1) is 13.1. The fourth-order valence-electron chi connectivity index (χ4n) is 1.68. The van der Waals surface area contributed by atoms with Gasteiger partial charge in [-0.15, -0.1) is 0 Å². The van der Waals surface area contributed by atoms with Crippen molar-refractivity contribution in [3.63, 3.8) is 0 Å². The highest BCUT2D eigenvalue weighted by molar-refractivity contribution is 5.44. The molecule has 1 nitrogen and oxygen atoms in total. The van der Waals surface area contributed by atoms with Gasteiger partial charge in [0.15, 0.2) is 0 Å². The first-order chi connectivity index (χ1) is 7.72. The summed E-state index contributed by atoms with van der Waals surface area (Å²) >= 11 is 0. The van der Waals surface area contributed by atoms with Crippen molar-refractivity contribution in [1.29, 1.82) is 0 Å². The maximum absolute atomic E-state index is 3.46. The first-order valence-electron chi connectivity index (χ1n) is 6.55. The summed E-state index contributed by atoms with van der Waals surface area (Å²) in [6, 6.07) is 8.89. The van der Waals surface area contributed by atoms with Gasteiger partial charge >= 0.3 is 0 Å². The smallest absolute Gasteiger partial charge is 0.0340 e. The van der Waals surface area contributed by atoms with Crippen LogP contribution in [0.15, 0.2) is 24.3 Å². The summed E-state index contributed by atoms with van der Waals surface area (Å²) in [5.74, 6) is 0.774. The topological polar surface area (TPSA) is 12.0 Å². The lowest BCUT2D eigenvalue weighted by Gasteiger charge is -2.09. The Labute approximate surface area is 100 Å². The van der Waals surface area contributed by atoms with Crippen molar-refractivity contribution in [3.05, 3.63) is 29.8 Å². The Morgan fingerprint density at radius 1 is 1.12 bits per heavy atom. The second kappa shape index (κ2) is 7.32. The lowest BCUT2D eigenvalue weighted by atomic mass is 10.1. The fraction of sp³-hybridized carbons (Fsp3) is 0.600. The summed E-state index contributed by atoms with van der Waals surface area (Å²) in [5, 5.41) is 3.46. The van der Waals surface area contributed by atoms with Gasteiger partial charge in [-0.25, -0.2) is 0 Å². The molecule has 0 saturated carbocycles. The van der Waals surface area contributed by atoms with E-state index in [0.717, 1.165) is 12.5 Å². The zero-order valence-corrected chi connectivity index (χ0v) is 10.9. The molecule has 1 aromatic rings. The molecule has 0 saturated heterocycles. The molecule has 0 aliphatic heterocycles. The van der Waals surface area contributed by atoms with E-state index in [0.29, 0.717) is 0 Å². The molecule has 1 aromatic carbocycles. The molecule has 0 radical (unpaired) electrons. The van der Waals surface area contributed by atoms with Gasteiger partial charge in [0.05, 0.1) is 0 Å². The minimum atomic E-state index is 0.774. The summed E-state index contributed by atoms with van der Waals surface area (Å²) in [7, 11) is 0. The normalized spacial score (nSPS) is 10.8. The number of benzene rings is 1. The maximum Gasteiger partial charge on any atom is 0.0340 e. The summed E-state index contributed by atoms with van der Waals surface area (Å²) in [6.45, 7) is 7.83. The summed E-state index contributed by atoms with van der Waals surface area (Å²) in [5.41, 5.74) is 2.71. The van der Waals surface area contributed by atoms with Gasteiger partial charge in [0.1, 0.15) is 0 Å². The van der Waals surface area contributed by atoms with Crippen LogP contribution in [0.5, 0.6) is 0 Å². The van der Waals surface area contributed by atoms with Crippen LogP contribution in [0.3, 0.4) is 0 Å². The zero-order chi connectivity index (χ0) is 11.8. The van der Waals surface area contributed by atoms with E-state index in [1.807, 2.05) is 0 Å². The lowest BCUT2D eigenvalue weighted by Crippen LogP contribution is -2.04. The molecule has 1 N–H and O–H groups in total. The van der Waals surface area contributed by atoms with E-state index in [2.05, 4.69) is 50.4 Å². The van der Waals surface area contributed by atoms with Gasteiger partial charge in [0.2, 0.25) is 0 Å². The van der Waals surface area contributed by atoms with Crippen molar-refractivity contribution in [1.82, 2.24) is 0 Å². The minimum absolute atomic E-state index is 0.774. The van der Waals surface area contributed by atoms with Gasteiger partial charge in [-0.2, -0.15) is 0 Å². The number of hydrogen-bond donors (Lipinski definition) is 1. The highest BCUT2D eigenvalue weighted by Crippen LogP contribution is 2.12. The van der Waals surface area contributed by atoms with E-state index in [-0.39, 0.29) is 0 Å². The lowest BCUT2D eigenvalue weighted by molar-refractivity contribution is 0.607. The van der Waals surface area contributed by atoms with Crippen LogP contribution in [0.1, 0.15) is 45.6 Å².